The second-order valence-corrected chi connectivity index (χ2v) is 5.40. The minimum absolute atomic E-state index is 0.0214. The lowest BCUT2D eigenvalue weighted by molar-refractivity contribution is -0.125. The van der Waals surface area contributed by atoms with Crippen LogP contribution >= 0.6 is 0 Å². The summed E-state index contributed by atoms with van der Waals surface area (Å²) in [5.74, 6) is 1.91. The number of amides is 1. The molecule has 1 unspecified atom stereocenters. The van der Waals surface area contributed by atoms with Crippen LogP contribution in [-0.2, 0) is 4.79 Å². The van der Waals surface area contributed by atoms with Gasteiger partial charge in [0.25, 0.3) is 0 Å². The number of carbonyl (C=O) groups excluding carboxylic acids is 1. The lowest BCUT2D eigenvalue weighted by atomic mass is 10.1. The molecule has 1 N–H and O–H groups in total. The maximum Gasteiger partial charge on any atom is 0.246 e. The van der Waals surface area contributed by atoms with Crippen LogP contribution in [0.4, 0.5) is 0 Å². The summed E-state index contributed by atoms with van der Waals surface area (Å²) in [6.07, 6.45) is 5.14. The van der Waals surface area contributed by atoms with Gasteiger partial charge in [0.05, 0.1) is 0 Å². The molecule has 2 heterocycles. The first-order valence-electron chi connectivity index (χ1n) is 7.24. The van der Waals surface area contributed by atoms with E-state index in [4.69, 9.17) is 14.6 Å². The van der Waals surface area contributed by atoms with Gasteiger partial charge in [0, 0.05) is 25.8 Å². The molecule has 5 nitrogen and oxygen atoms in total. The number of nitrogens with zero attached hydrogens (tertiary/aromatic N) is 1. The molecule has 0 bridgehead atoms. The number of likely N-dealkylation sites (tertiary alicyclic amines) is 1. The van der Waals surface area contributed by atoms with Crippen LogP contribution in [0.1, 0.15) is 18.4 Å². The van der Waals surface area contributed by atoms with Gasteiger partial charge in [-0.15, -0.1) is 0 Å². The fourth-order valence-corrected chi connectivity index (χ4v) is 2.74. The number of benzene rings is 1. The molecule has 112 valence electrons. The molecule has 0 spiro atoms. The molecular weight excluding hydrogens is 270 g/mol. The minimum Gasteiger partial charge on any atom is -0.454 e. The first kappa shape index (κ1) is 13.9. The van der Waals surface area contributed by atoms with Gasteiger partial charge >= 0.3 is 0 Å². The second-order valence-electron chi connectivity index (χ2n) is 5.40. The maximum absolute atomic E-state index is 12.1. The van der Waals surface area contributed by atoms with E-state index in [2.05, 4.69) is 0 Å². The summed E-state index contributed by atoms with van der Waals surface area (Å²) >= 11 is 0. The van der Waals surface area contributed by atoms with Gasteiger partial charge in [0.15, 0.2) is 11.5 Å². The topological polar surface area (TPSA) is 59.0 Å². The summed E-state index contributed by atoms with van der Waals surface area (Å²) in [5, 5.41) is 8.94. The molecule has 1 saturated heterocycles. The van der Waals surface area contributed by atoms with E-state index in [1.165, 1.54) is 0 Å². The number of aliphatic hydroxyl groups is 1. The Morgan fingerprint density at radius 3 is 3.10 bits per heavy atom. The van der Waals surface area contributed by atoms with Crippen molar-refractivity contribution < 1.29 is 19.4 Å². The predicted octanol–water partition coefficient (Wildman–Crippen LogP) is 1.66. The zero-order valence-electron chi connectivity index (χ0n) is 11.8. The minimum atomic E-state index is 0.0214. The van der Waals surface area contributed by atoms with E-state index in [0.29, 0.717) is 11.7 Å². The zero-order valence-corrected chi connectivity index (χ0v) is 11.8. The van der Waals surface area contributed by atoms with Crippen molar-refractivity contribution in [1.29, 1.82) is 0 Å². The van der Waals surface area contributed by atoms with Crippen LogP contribution < -0.4 is 9.47 Å². The molecule has 1 fully saturated rings. The molecule has 5 heteroatoms. The van der Waals surface area contributed by atoms with Crippen LogP contribution in [0.3, 0.4) is 0 Å². The van der Waals surface area contributed by atoms with Crippen molar-refractivity contribution in [2.45, 2.75) is 12.8 Å². The lowest BCUT2D eigenvalue weighted by Crippen LogP contribution is -2.26. The number of carbonyl (C=O) groups is 1. The Kier molecular flexibility index (Phi) is 4.10. The van der Waals surface area contributed by atoms with E-state index >= 15 is 0 Å². The number of fused-ring (bicyclic) bond motifs is 1. The van der Waals surface area contributed by atoms with E-state index in [1.807, 2.05) is 23.1 Å². The molecule has 0 saturated carbocycles. The van der Waals surface area contributed by atoms with Gasteiger partial charge in [-0.3, -0.25) is 4.79 Å². The first-order valence-corrected chi connectivity index (χ1v) is 7.24. The highest BCUT2D eigenvalue weighted by molar-refractivity contribution is 5.92. The van der Waals surface area contributed by atoms with E-state index in [9.17, 15) is 4.79 Å². The quantitative estimate of drug-likeness (QED) is 0.856. The molecule has 2 aliphatic rings. The highest BCUT2D eigenvalue weighted by Crippen LogP contribution is 2.32. The normalized spacial score (nSPS) is 20.4. The summed E-state index contributed by atoms with van der Waals surface area (Å²) < 4.78 is 10.6. The fourth-order valence-electron chi connectivity index (χ4n) is 2.74. The summed E-state index contributed by atoms with van der Waals surface area (Å²) in [7, 11) is 0. The lowest BCUT2D eigenvalue weighted by Gasteiger charge is -2.13. The second kappa shape index (κ2) is 6.18. The Morgan fingerprint density at radius 2 is 2.24 bits per heavy atom. The van der Waals surface area contributed by atoms with Crippen LogP contribution in [0, 0.1) is 5.92 Å². The van der Waals surface area contributed by atoms with Gasteiger partial charge in [0.1, 0.15) is 0 Å². The van der Waals surface area contributed by atoms with Crippen LogP contribution in [0.25, 0.3) is 6.08 Å². The van der Waals surface area contributed by atoms with Crippen LogP contribution in [-0.4, -0.2) is 42.4 Å². The van der Waals surface area contributed by atoms with Crippen LogP contribution in [0.15, 0.2) is 24.3 Å². The number of hydrogen-bond acceptors (Lipinski definition) is 4. The average Bonchev–Trinajstić information content (AvgIpc) is 3.13. The molecule has 1 aromatic rings. The Hall–Kier alpha value is -2.01. The van der Waals surface area contributed by atoms with Crippen molar-refractivity contribution in [1.82, 2.24) is 4.90 Å². The highest BCUT2D eigenvalue weighted by atomic mass is 16.7. The van der Waals surface area contributed by atoms with Gasteiger partial charge in [-0.2, -0.15) is 0 Å². The summed E-state index contributed by atoms with van der Waals surface area (Å²) in [5.41, 5.74) is 0.915. The SMILES string of the molecule is O=C(/C=C/c1ccc2c(c1)OCO2)N1CCC(CCO)C1. The standard InChI is InChI=1S/C16H19NO4/c18-8-6-13-5-7-17(10-13)16(19)4-2-12-1-3-14-15(9-12)21-11-20-14/h1-4,9,13,18H,5-8,10-11H2/b4-2+. The summed E-state index contributed by atoms with van der Waals surface area (Å²) in [6, 6.07) is 5.61. The fraction of sp³-hybridized carbons (Fsp3) is 0.438. The Labute approximate surface area is 123 Å². The Morgan fingerprint density at radius 1 is 1.38 bits per heavy atom. The molecule has 1 amide bonds. The zero-order chi connectivity index (χ0) is 14.7. The Bertz CT molecular complexity index is 555. The molecule has 2 aliphatic heterocycles. The van der Waals surface area contributed by atoms with E-state index in [1.54, 1.807) is 12.2 Å². The number of aliphatic hydroxyl groups excluding tert-OH is 1. The summed E-state index contributed by atoms with van der Waals surface area (Å²) in [4.78, 5) is 14.0. The smallest absolute Gasteiger partial charge is 0.246 e. The van der Waals surface area contributed by atoms with Crippen molar-refractivity contribution >= 4 is 12.0 Å². The highest BCUT2D eigenvalue weighted by Gasteiger charge is 2.24. The monoisotopic (exact) mass is 289 g/mol. The molecule has 3 rings (SSSR count). The van der Waals surface area contributed by atoms with E-state index in [0.717, 1.165) is 37.2 Å². The van der Waals surface area contributed by atoms with Crippen molar-refractivity contribution in [3.8, 4) is 11.5 Å². The van der Waals surface area contributed by atoms with Gasteiger partial charge in [-0.1, -0.05) is 6.07 Å². The average molecular weight is 289 g/mol. The molecular formula is C16H19NO4. The molecule has 0 aliphatic carbocycles. The largest absolute Gasteiger partial charge is 0.454 e. The van der Waals surface area contributed by atoms with Crippen molar-refractivity contribution in [3.05, 3.63) is 29.8 Å². The number of rotatable bonds is 4. The van der Waals surface area contributed by atoms with E-state index < -0.39 is 0 Å². The van der Waals surface area contributed by atoms with Gasteiger partial charge in [-0.05, 0) is 42.5 Å². The van der Waals surface area contributed by atoms with E-state index in [-0.39, 0.29) is 19.3 Å². The first-order chi connectivity index (χ1) is 10.3. The summed E-state index contributed by atoms with van der Waals surface area (Å²) in [6.45, 7) is 1.96. The van der Waals surface area contributed by atoms with Crippen LogP contribution in [0.2, 0.25) is 0 Å². The van der Waals surface area contributed by atoms with Gasteiger partial charge in [0.2, 0.25) is 12.7 Å². The van der Waals surface area contributed by atoms with Crippen molar-refractivity contribution in [2.75, 3.05) is 26.5 Å². The third-order valence-electron chi connectivity index (χ3n) is 3.95. The third kappa shape index (κ3) is 3.19. The number of hydrogen-bond donors (Lipinski definition) is 1. The predicted molar refractivity (Wildman–Crippen MR) is 78.0 cm³/mol. The van der Waals surface area contributed by atoms with Crippen molar-refractivity contribution in [2.24, 2.45) is 5.92 Å². The molecule has 0 aromatic heterocycles. The molecule has 21 heavy (non-hydrogen) atoms. The molecule has 0 radical (unpaired) electrons. The third-order valence-corrected chi connectivity index (χ3v) is 3.95. The maximum atomic E-state index is 12.1. The van der Waals surface area contributed by atoms with Gasteiger partial charge < -0.3 is 19.5 Å². The van der Waals surface area contributed by atoms with Crippen LogP contribution in [0.5, 0.6) is 11.5 Å². The number of ether oxygens (including phenoxy) is 2. The molecule has 1 atom stereocenters. The molecule has 1 aromatic carbocycles. The van der Waals surface area contributed by atoms with Gasteiger partial charge in [-0.25, -0.2) is 0 Å². The Balaban J connectivity index is 1.60. The van der Waals surface area contributed by atoms with Crippen molar-refractivity contribution in [3.63, 3.8) is 0 Å².